The fourth-order valence-electron chi connectivity index (χ4n) is 2.70. The lowest BCUT2D eigenvalue weighted by atomic mass is 9.97. The Morgan fingerprint density at radius 2 is 2.17 bits per heavy atom. The summed E-state index contributed by atoms with van der Waals surface area (Å²) in [6.45, 7) is 3.73. The van der Waals surface area contributed by atoms with Crippen LogP contribution in [0, 0.1) is 0 Å². The minimum Gasteiger partial charge on any atom is -0.368 e. The summed E-state index contributed by atoms with van der Waals surface area (Å²) in [6.07, 6.45) is 13.8. The van der Waals surface area contributed by atoms with Gasteiger partial charge >= 0.3 is 0 Å². The Morgan fingerprint density at radius 1 is 1.30 bits per heavy atom. The molecule has 5 nitrogen and oxygen atoms in total. The molecule has 1 aromatic rings. The van der Waals surface area contributed by atoms with Crippen LogP contribution in [-0.2, 0) is 0 Å². The van der Waals surface area contributed by atoms with Crippen LogP contribution in [0.25, 0.3) is 0 Å². The van der Waals surface area contributed by atoms with Crippen molar-refractivity contribution in [3.63, 3.8) is 0 Å². The highest BCUT2D eigenvalue weighted by Crippen LogP contribution is 2.19. The van der Waals surface area contributed by atoms with Crippen molar-refractivity contribution in [1.29, 1.82) is 0 Å². The van der Waals surface area contributed by atoms with Crippen LogP contribution in [0.5, 0.6) is 0 Å². The molecule has 0 aliphatic heterocycles. The van der Waals surface area contributed by atoms with Crippen LogP contribution in [0.3, 0.4) is 0 Å². The number of amides is 1. The lowest BCUT2D eigenvalue weighted by Gasteiger charge is -2.16. The molecule has 0 radical (unpaired) electrons. The number of aromatic nitrogens is 2. The van der Waals surface area contributed by atoms with Crippen LogP contribution in [0.15, 0.2) is 24.0 Å². The van der Waals surface area contributed by atoms with Crippen molar-refractivity contribution in [3.8, 4) is 0 Å². The summed E-state index contributed by atoms with van der Waals surface area (Å²) in [6, 6.07) is 0. The second-order valence-corrected chi connectivity index (χ2v) is 6.15. The van der Waals surface area contributed by atoms with E-state index in [1.54, 1.807) is 22.9 Å². The second-order valence-electron chi connectivity index (χ2n) is 6.15. The molecule has 0 saturated carbocycles. The van der Waals surface area contributed by atoms with E-state index in [9.17, 15) is 4.79 Å². The van der Waals surface area contributed by atoms with Gasteiger partial charge in [-0.05, 0) is 38.5 Å². The maximum atomic E-state index is 12.2. The summed E-state index contributed by atoms with van der Waals surface area (Å²) < 4.78 is 0. The fraction of sp³-hybridized carbons (Fsp3) is 0.611. The average molecular weight is 316 g/mol. The third-order valence-electron chi connectivity index (χ3n) is 4.20. The standard InChI is InChI=1S/C18H28N4O/c1-3-4-12-22(2)18(23)16-13-21-17(14-20-16)19-11-10-15-8-6-5-7-9-15/h8,13-14H,3-7,9-12H2,1-2H3,(H,19,21). The van der Waals surface area contributed by atoms with Crippen molar-refractivity contribution in [2.75, 3.05) is 25.5 Å². The van der Waals surface area contributed by atoms with E-state index in [-0.39, 0.29) is 5.91 Å². The van der Waals surface area contributed by atoms with E-state index in [1.807, 2.05) is 7.05 Å². The SMILES string of the molecule is CCCCN(C)C(=O)c1cnc(NCCC2=CCCCC2)cn1. The number of nitrogens with zero attached hydrogens (tertiary/aromatic N) is 3. The zero-order valence-corrected chi connectivity index (χ0v) is 14.3. The Balaban J connectivity index is 1.79. The van der Waals surface area contributed by atoms with Crippen molar-refractivity contribution in [2.24, 2.45) is 0 Å². The lowest BCUT2D eigenvalue weighted by molar-refractivity contribution is 0.0787. The number of carbonyl (C=O) groups excluding carboxylic acids is 1. The van der Waals surface area contributed by atoms with Gasteiger partial charge in [0.15, 0.2) is 0 Å². The maximum Gasteiger partial charge on any atom is 0.273 e. The predicted molar refractivity (Wildman–Crippen MR) is 93.6 cm³/mol. The number of allylic oxidation sites excluding steroid dienone is 1. The molecule has 1 aliphatic carbocycles. The van der Waals surface area contributed by atoms with Gasteiger partial charge in [0.2, 0.25) is 0 Å². The first kappa shape index (κ1) is 17.4. The van der Waals surface area contributed by atoms with Gasteiger partial charge in [-0.2, -0.15) is 0 Å². The van der Waals surface area contributed by atoms with Gasteiger partial charge in [-0.3, -0.25) is 4.79 Å². The molecule has 0 unspecified atom stereocenters. The average Bonchev–Trinajstić information content (AvgIpc) is 2.60. The first-order valence-corrected chi connectivity index (χ1v) is 8.70. The molecule has 1 aliphatic rings. The van der Waals surface area contributed by atoms with Crippen molar-refractivity contribution in [1.82, 2.24) is 14.9 Å². The first-order chi connectivity index (χ1) is 11.2. The van der Waals surface area contributed by atoms with Crippen LogP contribution < -0.4 is 5.32 Å². The zero-order chi connectivity index (χ0) is 16.5. The number of carbonyl (C=O) groups is 1. The van der Waals surface area contributed by atoms with Gasteiger partial charge in [0.1, 0.15) is 11.5 Å². The highest BCUT2D eigenvalue weighted by Gasteiger charge is 2.13. The lowest BCUT2D eigenvalue weighted by Crippen LogP contribution is -2.28. The number of nitrogens with one attached hydrogen (secondary N) is 1. The summed E-state index contributed by atoms with van der Waals surface area (Å²) >= 11 is 0. The largest absolute Gasteiger partial charge is 0.368 e. The molecule has 0 saturated heterocycles. The van der Waals surface area contributed by atoms with E-state index in [1.165, 1.54) is 25.7 Å². The van der Waals surface area contributed by atoms with Gasteiger partial charge in [-0.15, -0.1) is 0 Å². The smallest absolute Gasteiger partial charge is 0.273 e. The highest BCUT2D eigenvalue weighted by molar-refractivity contribution is 5.91. The number of anilines is 1. The first-order valence-electron chi connectivity index (χ1n) is 8.70. The van der Waals surface area contributed by atoms with Crippen molar-refractivity contribution in [3.05, 3.63) is 29.7 Å². The summed E-state index contributed by atoms with van der Waals surface area (Å²) in [5.74, 6) is 0.666. The van der Waals surface area contributed by atoms with Gasteiger partial charge in [0, 0.05) is 20.1 Å². The third kappa shape index (κ3) is 5.66. The maximum absolute atomic E-state index is 12.2. The van der Waals surface area contributed by atoms with E-state index in [0.717, 1.165) is 38.2 Å². The molecule has 0 aromatic carbocycles. The molecule has 2 rings (SSSR count). The van der Waals surface area contributed by atoms with Crippen LogP contribution in [0.1, 0.15) is 62.4 Å². The van der Waals surface area contributed by atoms with E-state index in [4.69, 9.17) is 0 Å². The van der Waals surface area contributed by atoms with Gasteiger partial charge in [0.25, 0.3) is 5.91 Å². The van der Waals surface area contributed by atoms with Gasteiger partial charge in [-0.1, -0.05) is 25.0 Å². The second kappa shape index (κ2) is 9.28. The highest BCUT2D eigenvalue weighted by atomic mass is 16.2. The van der Waals surface area contributed by atoms with Crippen LogP contribution in [-0.4, -0.2) is 40.9 Å². The molecule has 1 heterocycles. The topological polar surface area (TPSA) is 58.1 Å². The summed E-state index contributed by atoms with van der Waals surface area (Å²) in [5.41, 5.74) is 1.95. The Kier molecular flexibility index (Phi) is 7.04. The van der Waals surface area contributed by atoms with Crippen LogP contribution in [0.4, 0.5) is 5.82 Å². The van der Waals surface area contributed by atoms with E-state index in [0.29, 0.717) is 5.69 Å². The van der Waals surface area contributed by atoms with Gasteiger partial charge in [0.05, 0.1) is 12.4 Å². The zero-order valence-electron chi connectivity index (χ0n) is 14.3. The molecular formula is C18H28N4O. The quantitative estimate of drug-likeness (QED) is 0.744. The summed E-state index contributed by atoms with van der Waals surface area (Å²) in [4.78, 5) is 22.4. The van der Waals surface area contributed by atoms with Gasteiger partial charge in [-0.25, -0.2) is 9.97 Å². The molecule has 0 bridgehead atoms. The number of hydrogen-bond acceptors (Lipinski definition) is 4. The number of rotatable bonds is 8. The van der Waals surface area contributed by atoms with Gasteiger partial charge < -0.3 is 10.2 Å². The van der Waals surface area contributed by atoms with Crippen molar-refractivity contribution in [2.45, 2.75) is 51.9 Å². The van der Waals surface area contributed by atoms with Crippen molar-refractivity contribution < 1.29 is 4.79 Å². The predicted octanol–water partition coefficient (Wildman–Crippen LogP) is 3.65. The number of unbranched alkanes of at least 4 members (excludes halogenated alkanes) is 1. The van der Waals surface area contributed by atoms with E-state index < -0.39 is 0 Å². The fourth-order valence-corrected chi connectivity index (χ4v) is 2.70. The van der Waals surface area contributed by atoms with E-state index >= 15 is 0 Å². The molecule has 1 amide bonds. The Morgan fingerprint density at radius 3 is 2.83 bits per heavy atom. The third-order valence-corrected chi connectivity index (χ3v) is 4.20. The molecule has 5 heteroatoms. The Hall–Kier alpha value is -1.91. The Bertz CT molecular complexity index is 524. The monoisotopic (exact) mass is 316 g/mol. The molecule has 1 aromatic heterocycles. The molecule has 0 atom stereocenters. The minimum absolute atomic E-state index is 0.0649. The molecule has 126 valence electrons. The molecule has 0 fully saturated rings. The summed E-state index contributed by atoms with van der Waals surface area (Å²) in [7, 11) is 1.81. The summed E-state index contributed by atoms with van der Waals surface area (Å²) in [5, 5.41) is 3.28. The number of hydrogen-bond donors (Lipinski definition) is 1. The van der Waals surface area contributed by atoms with Crippen LogP contribution in [0.2, 0.25) is 0 Å². The molecular weight excluding hydrogens is 288 g/mol. The van der Waals surface area contributed by atoms with Crippen molar-refractivity contribution >= 4 is 11.7 Å². The molecule has 1 N–H and O–H groups in total. The van der Waals surface area contributed by atoms with E-state index in [2.05, 4.69) is 28.3 Å². The molecule has 0 spiro atoms. The Labute approximate surface area is 139 Å². The molecule has 23 heavy (non-hydrogen) atoms. The minimum atomic E-state index is -0.0649. The van der Waals surface area contributed by atoms with Crippen LogP contribution >= 0.6 is 0 Å². The normalized spacial score (nSPS) is 14.3.